The number of halogens is 2. The fourth-order valence-electron chi connectivity index (χ4n) is 5.83. The van der Waals surface area contributed by atoms with Gasteiger partial charge in [-0.1, -0.05) is 0 Å². The van der Waals surface area contributed by atoms with Gasteiger partial charge in [0.05, 0.1) is 0 Å². The summed E-state index contributed by atoms with van der Waals surface area (Å²) in [5, 5.41) is 3.04. The van der Waals surface area contributed by atoms with Crippen molar-refractivity contribution in [3.8, 4) is 0 Å². The molecule has 0 radical (unpaired) electrons. The van der Waals surface area contributed by atoms with Crippen molar-refractivity contribution < 1.29 is 13.6 Å². The number of rotatable bonds is 3. The van der Waals surface area contributed by atoms with Crippen molar-refractivity contribution in [2.45, 2.75) is 51.5 Å². The molecule has 4 fully saturated rings. The number of nitrogens with one attached hydrogen (secondary N) is 1. The zero-order valence-corrected chi connectivity index (χ0v) is 13.4. The Labute approximate surface area is 135 Å². The Morgan fingerprint density at radius 2 is 1.52 bits per heavy atom. The summed E-state index contributed by atoms with van der Waals surface area (Å²) in [4.78, 5) is 12.4. The molecule has 0 spiro atoms. The minimum atomic E-state index is -0.711. The zero-order chi connectivity index (χ0) is 16.2. The lowest BCUT2D eigenvalue weighted by molar-refractivity contribution is -0.0688. The molecule has 5 rings (SSSR count). The first-order valence-corrected chi connectivity index (χ1v) is 8.70. The molecule has 2 nitrogen and oxygen atoms in total. The summed E-state index contributed by atoms with van der Waals surface area (Å²) < 4.78 is 26.6. The summed E-state index contributed by atoms with van der Waals surface area (Å²) in [6.45, 7) is 2.07. The van der Waals surface area contributed by atoms with Crippen LogP contribution in [-0.4, -0.2) is 11.9 Å². The van der Waals surface area contributed by atoms with Gasteiger partial charge in [0.15, 0.2) is 0 Å². The molecular formula is C19H23F2NO. The van der Waals surface area contributed by atoms with Gasteiger partial charge < -0.3 is 5.32 Å². The van der Waals surface area contributed by atoms with E-state index in [2.05, 4.69) is 12.2 Å². The largest absolute Gasteiger partial charge is 0.349 e. The van der Waals surface area contributed by atoms with Crippen molar-refractivity contribution in [2.24, 2.45) is 23.2 Å². The van der Waals surface area contributed by atoms with E-state index in [1.54, 1.807) is 0 Å². The van der Waals surface area contributed by atoms with Crippen LogP contribution in [0.1, 0.15) is 55.8 Å². The van der Waals surface area contributed by atoms with Gasteiger partial charge >= 0.3 is 0 Å². The predicted octanol–water partition coefficient (Wildman–Crippen LogP) is 4.30. The molecule has 23 heavy (non-hydrogen) atoms. The van der Waals surface area contributed by atoms with E-state index < -0.39 is 11.6 Å². The van der Waals surface area contributed by atoms with E-state index in [-0.39, 0.29) is 22.9 Å². The van der Waals surface area contributed by atoms with Crippen molar-refractivity contribution in [1.82, 2.24) is 5.32 Å². The van der Waals surface area contributed by atoms with Crippen LogP contribution < -0.4 is 5.32 Å². The van der Waals surface area contributed by atoms with Crippen LogP contribution in [0.5, 0.6) is 0 Å². The Hall–Kier alpha value is -1.45. The third-order valence-corrected chi connectivity index (χ3v) is 6.48. The van der Waals surface area contributed by atoms with E-state index in [4.69, 9.17) is 0 Å². The Morgan fingerprint density at radius 3 is 2.00 bits per heavy atom. The maximum absolute atomic E-state index is 13.3. The zero-order valence-electron chi connectivity index (χ0n) is 13.4. The number of amides is 1. The van der Waals surface area contributed by atoms with E-state index in [9.17, 15) is 13.6 Å². The standard InChI is InChI=1S/C19H23F2NO/c1-11(22-18(23)15-5-16(20)7-17(21)6-15)19-8-12-2-13(9-19)4-14(3-12)10-19/h5-7,11-14H,2-4,8-10H2,1H3,(H,22,23). The second-order valence-electron chi connectivity index (χ2n) is 8.13. The monoisotopic (exact) mass is 319 g/mol. The van der Waals surface area contributed by atoms with E-state index in [0.717, 1.165) is 36.0 Å². The van der Waals surface area contributed by atoms with Crippen molar-refractivity contribution >= 4 is 5.91 Å². The van der Waals surface area contributed by atoms with Gasteiger partial charge in [-0.2, -0.15) is 0 Å². The SMILES string of the molecule is CC(NC(=O)c1cc(F)cc(F)c1)C12CC3CC(CC(C3)C1)C2. The highest BCUT2D eigenvalue weighted by Gasteiger charge is 2.53. The molecule has 124 valence electrons. The second-order valence-corrected chi connectivity index (χ2v) is 8.13. The normalized spacial score (nSPS) is 36.0. The van der Waals surface area contributed by atoms with Crippen LogP contribution >= 0.6 is 0 Å². The average Bonchev–Trinajstić information content (AvgIpc) is 2.44. The molecule has 4 aliphatic rings. The quantitative estimate of drug-likeness (QED) is 0.884. The van der Waals surface area contributed by atoms with Crippen LogP contribution in [-0.2, 0) is 0 Å². The summed E-state index contributed by atoms with van der Waals surface area (Å²) in [5.74, 6) is 0.647. The van der Waals surface area contributed by atoms with Gasteiger partial charge in [0, 0.05) is 17.7 Å². The molecule has 1 amide bonds. The smallest absolute Gasteiger partial charge is 0.251 e. The Morgan fingerprint density at radius 1 is 1.04 bits per heavy atom. The van der Waals surface area contributed by atoms with Gasteiger partial charge in [0.25, 0.3) is 5.91 Å². The molecule has 4 heteroatoms. The molecule has 1 aromatic carbocycles. The topological polar surface area (TPSA) is 29.1 Å². The van der Waals surface area contributed by atoms with Gasteiger partial charge in [-0.25, -0.2) is 8.78 Å². The summed E-state index contributed by atoms with van der Waals surface area (Å²) in [5.41, 5.74) is 0.259. The summed E-state index contributed by atoms with van der Waals surface area (Å²) in [6, 6.07) is 3.05. The third-order valence-electron chi connectivity index (χ3n) is 6.48. The van der Waals surface area contributed by atoms with Crippen LogP contribution in [0.3, 0.4) is 0 Å². The Bertz CT molecular complexity index is 587. The third kappa shape index (κ3) is 2.66. The van der Waals surface area contributed by atoms with Gasteiger partial charge in [-0.05, 0) is 80.8 Å². The van der Waals surface area contributed by atoms with Crippen molar-refractivity contribution in [1.29, 1.82) is 0 Å². The minimum absolute atomic E-state index is 0.0507. The number of hydrogen-bond acceptors (Lipinski definition) is 1. The number of benzene rings is 1. The van der Waals surface area contributed by atoms with Gasteiger partial charge in [0.2, 0.25) is 0 Å². The molecule has 4 bridgehead atoms. The molecule has 1 unspecified atom stereocenters. The summed E-state index contributed by atoms with van der Waals surface area (Å²) in [6.07, 6.45) is 7.65. The van der Waals surface area contributed by atoms with Gasteiger partial charge in [0.1, 0.15) is 11.6 Å². The van der Waals surface area contributed by atoms with Gasteiger partial charge in [-0.15, -0.1) is 0 Å². The number of carbonyl (C=O) groups excluding carboxylic acids is 1. The molecule has 0 heterocycles. The van der Waals surface area contributed by atoms with E-state index in [0.29, 0.717) is 0 Å². The van der Waals surface area contributed by atoms with Gasteiger partial charge in [-0.3, -0.25) is 4.79 Å². The van der Waals surface area contributed by atoms with Crippen LogP contribution in [0.25, 0.3) is 0 Å². The lowest BCUT2D eigenvalue weighted by Crippen LogP contribution is -2.55. The lowest BCUT2D eigenvalue weighted by Gasteiger charge is -2.59. The lowest BCUT2D eigenvalue weighted by atomic mass is 9.48. The first-order chi connectivity index (χ1) is 10.9. The van der Waals surface area contributed by atoms with Crippen molar-refractivity contribution in [2.75, 3.05) is 0 Å². The Balaban J connectivity index is 1.51. The molecule has 0 saturated heterocycles. The van der Waals surface area contributed by atoms with E-state index in [1.807, 2.05) is 0 Å². The molecule has 0 aliphatic heterocycles. The maximum Gasteiger partial charge on any atom is 0.251 e. The first-order valence-electron chi connectivity index (χ1n) is 8.70. The molecule has 1 atom stereocenters. The van der Waals surface area contributed by atoms with Crippen LogP contribution in [0.15, 0.2) is 18.2 Å². The maximum atomic E-state index is 13.3. The van der Waals surface area contributed by atoms with Crippen molar-refractivity contribution in [3.05, 3.63) is 35.4 Å². The molecular weight excluding hydrogens is 296 g/mol. The highest BCUT2D eigenvalue weighted by molar-refractivity contribution is 5.94. The highest BCUT2D eigenvalue weighted by atomic mass is 19.1. The molecule has 4 saturated carbocycles. The fraction of sp³-hybridized carbons (Fsp3) is 0.632. The van der Waals surface area contributed by atoms with Crippen LogP contribution in [0.4, 0.5) is 8.78 Å². The molecule has 1 aromatic rings. The highest BCUT2D eigenvalue weighted by Crippen LogP contribution is 2.61. The second kappa shape index (κ2) is 5.29. The summed E-state index contributed by atoms with van der Waals surface area (Å²) in [7, 11) is 0. The first kappa shape index (κ1) is 15.1. The number of carbonyl (C=O) groups is 1. The van der Waals surface area contributed by atoms with Crippen LogP contribution in [0, 0.1) is 34.8 Å². The molecule has 0 aromatic heterocycles. The van der Waals surface area contributed by atoms with Crippen molar-refractivity contribution in [3.63, 3.8) is 0 Å². The Kier molecular flexibility index (Phi) is 3.47. The van der Waals surface area contributed by atoms with E-state index in [1.165, 1.54) is 38.5 Å². The molecule has 4 aliphatic carbocycles. The predicted molar refractivity (Wildman–Crippen MR) is 83.9 cm³/mol. The van der Waals surface area contributed by atoms with E-state index >= 15 is 0 Å². The van der Waals surface area contributed by atoms with Crippen LogP contribution in [0.2, 0.25) is 0 Å². The minimum Gasteiger partial charge on any atom is -0.349 e. The molecule has 1 N–H and O–H groups in total. The number of hydrogen-bond donors (Lipinski definition) is 1. The fourth-order valence-corrected chi connectivity index (χ4v) is 5.83. The summed E-state index contributed by atoms with van der Waals surface area (Å²) >= 11 is 0. The average molecular weight is 319 g/mol.